The lowest BCUT2D eigenvalue weighted by Gasteiger charge is -2.28. The molecule has 2 aliphatic rings. The van der Waals surface area contributed by atoms with Gasteiger partial charge in [0.1, 0.15) is 24.7 Å². The molecule has 9 heteroatoms. The number of hydrogen-bond donors (Lipinski definition) is 1. The van der Waals surface area contributed by atoms with Crippen molar-refractivity contribution in [3.63, 3.8) is 0 Å². The van der Waals surface area contributed by atoms with Gasteiger partial charge in [-0.25, -0.2) is 4.39 Å². The van der Waals surface area contributed by atoms with Crippen molar-refractivity contribution < 1.29 is 18.7 Å². The van der Waals surface area contributed by atoms with E-state index in [1.807, 2.05) is 0 Å². The summed E-state index contributed by atoms with van der Waals surface area (Å²) in [5, 5.41) is 8.14. The Labute approximate surface area is 201 Å². The highest BCUT2D eigenvalue weighted by atomic mass is 35.5. The van der Waals surface area contributed by atoms with Gasteiger partial charge in [0.25, 0.3) is 0 Å². The second kappa shape index (κ2) is 9.10. The van der Waals surface area contributed by atoms with E-state index < -0.39 is 5.82 Å². The zero-order valence-corrected chi connectivity index (χ0v) is 19.4. The molecule has 1 aliphatic carbocycles. The van der Waals surface area contributed by atoms with Crippen LogP contribution in [0.4, 0.5) is 10.2 Å². The quantitative estimate of drug-likeness (QED) is 0.576. The van der Waals surface area contributed by atoms with Crippen LogP contribution in [-0.2, 0) is 29.7 Å². The summed E-state index contributed by atoms with van der Waals surface area (Å²) in [6.45, 7) is 0.0115. The Balaban J connectivity index is 1.50. The first kappa shape index (κ1) is 22.4. The molecule has 0 bridgehead atoms. The lowest BCUT2D eigenvalue weighted by Crippen LogP contribution is -2.47. The summed E-state index contributed by atoms with van der Waals surface area (Å²) in [7, 11) is 1.78. The van der Waals surface area contributed by atoms with Crippen molar-refractivity contribution in [1.29, 1.82) is 0 Å². The highest BCUT2D eigenvalue weighted by Gasteiger charge is 2.32. The number of anilines is 1. The molecule has 0 saturated heterocycles. The Kier molecular flexibility index (Phi) is 6.00. The van der Waals surface area contributed by atoms with Crippen molar-refractivity contribution in [2.75, 3.05) is 11.4 Å². The maximum Gasteiger partial charge on any atom is 0.240 e. The second-order valence-corrected chi connectivity index (χ2v) is 9.12. The second-order valence-electron chi connectivity index (χ2n) is 8.69. The van der Waals surface area contributed by atoms with E-state index in [1.54, 1.807) is 42.1 Å². The molecular formula is C25H24ClFN4O3. The monoisotopic (exact) mass is 482 g/mol. The predicted molar refractivity (Wildman–Crippen MR) is 126 cm³/mol. The normalized spacial score (nSPS) is 14.4. The van der Waals surface area contributed by atoms with Gasteiger partial charge in [-0.05, 0) is 55.2 Å². The van der Waals surface area contributed by atoms with Gasteiger partial charge in [-0.1, -0.05) is 23.7 Å². The summed E-state index contributed by atoms with van der Waals surface area (Å²) in [6.07, 6.45) is 2.89. The number of ether oxygens (including phenoxy) is 1. The number of fused-ring (bicyclic) bond motifs is 3. The van der Waals surface area contributed by atoms with E-state index in [4.69, 9.17) is 16.3 Å². The molecule has 1 aromatic heterocycles. The molecule has 1 N–H and O–H groups in total. The summed E-state index contributed by atoms with van der Waals surface area (Å²) >= 11 is 6.22. The highest BCUT2D eigenvalue weighted by molar-refractivity contribution is 6.31. The standard InChI is InChI=1S/C25H24ClFN4O3/c1-30-24-19-12-16(26)8-9-21(19)34-14-20(24)25(29-30)31(13-22(32)28-18-6-3-7-18)23(33)11-15-4-2-5-17(27)10-15/h2,4-5,8-10,12,18H,3,6-7,11,13-14H2,1H3,(H,28,32). The Hall–Kier alpha value is -3.39. The lowest BCUT2D eigenvalue weighted by molar-refractivity contribution is -0.124. The van der Waals surface area contributed by atoms with Crippen LogP contribution < -0.4 is 15.0 Å². The molecule has 176 valence electrons. The van der Waals surface area contributed by atoms with Gasteiger partial charge in [0.15, 0.2) is 5.82 Å². The Morgan fingerprint density at radius 2 is 2.09 bits per heavy atom. The van der Waals surface area contributed by atoms with Gasteiger partial charge in [-0.15, -0.1) is 0 Å². The number of halogens is 2. The van der Waals surface area contributed by atoms with Gasteiger partial charge in [-0.2, -0.15) is 5.10 Å². The molecular weight excluding hydrogens is 459 g/mol. The van der Waals surface area contributed by atoms with Crippen LogP contribution in [0.5, 0.6) is 5.75 Å². The number of rotatable bonds is 6. The summed E-state index contributed by atoms with van der Waals surface area (Å²) in [5.41, 5.74) is 2.77. The number of aryl methyl sites for hydroxylation is 1. The number of carbonyl (C=O) groups excluding carboxylic acids is 2. The summed E-state index contributed by atoms with van der Waals surface area (Å²) in [6, 6.07) is 11.4. The molecule has 3 aromatic rings. The first-order chi connectivity index (χ1) is 16.4. The molecule has 2 heterocycles. The molecule has 0 radical (unpaired) electrons. The van der Waals surface area contributed by atoms with Gasteiger partial charge in [0.05, 0.1) is 17.7 Å². The minimum Gasteiger partial charge on any atom is -0.488 e. The minimum atomic E-state index is -0.420. The number of hydrogen-bond acceptors (Lipinski definition) is 4. The first-order valence-electron chi connectivity index (χ1n) is 11.2. The third kappa shape index (κ3) is 4.37. The molecule has 2 aromatic carbocycles. The zero-order valence-electron chi connectivity index (χ0n) is 18.7. The number of nitrogens with one attached hydrogen (secondary N) is 1. The van der Waals surface area contributed by atoms with E-state index in [0.29, 0.717) is 27.7 Å². The van der Waals surface area contributed by atoms with Crippen molar-refractivity contribution in [1.82, 2.24) is 15.1 Å². The lowest BCUT2D eigenvalue weighted by atomic mass is 9.93. The third-order valence-corrected chi connectivity index (χ3v) is 6.50. The van der Waals surface area contributed by atoms with Gasteiger partial charge in [0, 0.05) is 23.7 Å². The largest absolute Gasteiger partial charge is 0.488 e. The maximum absolute atomic E-state index is 13.7. The Morgan fingerprint density at radius 1 is 1.26 bits per heavy atom. The van der Waals surface area contributed by atoms with E-state index in [9.17, 15) is 14.0 Å². The van der Waals surface area contributed by atoms with Crippen LogP contribution in [0.1, 0.15) is 30.4 Å². The van der Waals surface area contributed by atoms with Crippen LogP contribution in [0.15, 0.2) is 42.5 Å². The zero-order chi connectivity index (χ0) is 23.8. The summed E-state index contributed by atoms with van der Waals surface area (Å²) < 4.78 is 21.3. The van der Waals surface area contributed by atoms with Crippen LogP contribution in [0, 0.1) is 5.82 Å². The van der Waals surface area contributed by atoms with E-state index in [-0.39, 0.29) is 37.4 Å². The van der Waals surface area contributed by atoms with Gasteiger partial charge >= 0.3 is 0 Å². The highest BCUT2D eigenvalue weighted by Crippen LogP contribution is 2.42. The molecule has 34 heavy (non-hydrogen) atoms. The van der Waals surface area contributed by atoms with Crippen LogP contribution >= 0.6 is 11.6 Å². The average molecular weight is 483 g/mol. The first-order valence-corrected chi connectivity index (χ1v) is 11.6. The van der Waals surface area contributed by atoms with Gasteiger partial charge in [-0.3, -0.25) is 19.2 Å². The predicted octanol–water partition coefficient (Wildman–Crippen LogP) is 4.02. The maximum atomic E-state index is 13.7. The van der Waals surface area contributed by atoms with Crippen LogP contribution in [0.2, 0.25) is 5.02 Å². The van der Waals surface area contributed by atoms with E-state index in [0.717, 1.165) is 30.5 Å². The molecule has 0 unspecified atom stereocenters. The summed E-state index contributed by atoms with van der Waals surface area (Å²) in [4.78, 5) is 27.6. The number of carbonyl (C=O) groups is 2. The molecule has 1 fully saturated rings. The fourth-order valence-electron chi connectivity index (χ4n) is 4.37. The van der Waals surface area contributed by atoms with Crippen molar-refractivity contribution in [2.45, 2.75) is 38.3 Å². The SMILES string of the molecule is Cn1nc(N(CC(=O)NC2CCC2)C(=O)Cc2cccc(F)c2)c2c1-c1cc(Cl)ccc1OC2. The fourth-order valence-corrected chi connectivity index (χ4v) is 4.54. The fraction of sp³-hybridized carbons (Fsp3) is 0.320. The number of amides is 2. The molecule has 1 saturated carbocycles. The molecule has 1 aliphatic heterocycles. The van der Waals surface area contributed by atoms with Crippen LogP contribution in [0.25, 0.3) is 11.3 Å². The Morgan fingerprint density at radius 3 is 2.82 bits per heavy atom. The summed E-state index contributed by atoms with van der Waals surface area (Å²) in [5.74, 6) is 0.000738. The molecule has 0 atom stereocenters. The average Bonchev–Trinajstić information content (AvgIpc) is 3.11. The minimum absolute atomic E-state index is 0.0664. The van der Waals surface area contributed by atoms with Gasteiger partial charge in [0.2, 0.25) is 11.8 Å². The molecule has 0 spiro atoms. The number of nitrogens with zero attached hydrogens (tertiary/aromatic N) is 3. The van der Waals surface area contributed by atoms with Crippen molar-refractivity contribution in [3.8, 4) is 17.0 Å². The van der Waals surface area contributed by atoms with E-state index >= 15 is 0 Å². The van der Waals surface area contributed by atoms with Crippen molar-refractivity contribution >= 4 is 29.2 Å². The van der Waals surface area contributed by atoms with E-state index in [2.05, 4.69) is 10.4 Å². The number of benzene rings is 2. The van der Waals surface area contributed by atoms with Crippen molar-refractivity contribution in [2.24, 2.45) is 7.05 Å². The molecule has 7 nitrogen and oxygen atoms in total. The van der Waals surface area contributed by atoms with E-state index in [1.165, 1.54) is 17.0 Å². The van der Waals surface area contributed by atoms with Gasteiger partial charge < -0.3 is 10.1 Å². The smallest absolute Gasteiger partial charge is 0.240 e. The number of aromatic nitrogens is 2. The van der Waals surface area contributed by atoms with Crippen molar-refractivity contribution in [3.05, 3.63) is 64.4 Å². The topological polar surface area (TPSA) is 76.5 Å². The molecule has 2 amide bonds. The van der Waals surface area contributed by atoms with Crippen LogP contribution in [-0.4, -0.2) is 34.2 Å². The molecule has 5 rings (SSSR count). The third-order valence-electron chi connectivity index (χ3n) is 6.27. The van der Waals surface area contributed by atoms with Crippen LogP contribution in [0.3, 0.4) is 0 Å². The Bertz CT molecular complexity index is 1270.